The number of carbonyl (C=O) groups is 1. The van der Waals surface area contributed by atoms with Gasteiger partial charge in [0.05, 0.1) is 23.5 Å². The number of rotatable bonds is 3. The number of alkyl halides is 1. The fourth-order valence-corrected chi connectivity index (χ4v) is 1.83. The van der Waals surface area contributed by atoms with E-state index in [0.717, 1.165) is 5.56 Å². The smallest absolute Gasteiger partial charge is 0.412 e. The number of nitrogens with one attached hydrogen (secondary N) is 1. The van der Waals surface area contributed by atoms with Gasteiger partial charge in [-0.3, -0.25) is 5.32 Å². The number of ether oxygens (including phenoxy) is 1. The first kappa shape index (κ1) is 16.1. The highest BCUT2D eigenvalue weighted by molar-refractivity contribution is 6.16. The van der Waals surface area contributed by atoms with Crippen LogP contribution in [0.15, 0.2) is 24.4 Å². The molecule has 0 saturated heterocycles. The summed E-state index contributed by atoms with van der Waals surface area (Å²) in [6.45, 7) is 5.38. The lowest BCUT2D eigenvalue weighted by molar-refractivity contribution is 0.0636. The van der Waals surface area contributed by atoms with Crippen molar-refractivity contribution in [3.63, 3.8) is 0 Å². The van der Waals surface area contributed by atoms with Gasteiger partial charge in [0.15, 0.2) is 0 Å². The molecule has 0 fully saturated rings. The van der Waals surface area contributed by atoms with Gasteiger partial charge in [-0.15, -0.1) is 11.6 Å². The highest BCUT2D eigenvalue weighted by Gasteiger charge is 2.18. The van der Waals surface area contributed by atoms with Gasteiger partial charge in [0.25, 0.3) is 0 Å². The average Bonchev–Trinajstić information content (AvgIpc) is 2.46. The lowest BCUT2D eigenvalue weighted by Gasteiger charge is -2.20. The van der Waals surface area contributed by atoms with Crippen molar-refractivity contribution in [1.82, 2.24) is 9.97 Å². The zero-order chi connectivity index (χ0) is 16.2. The number of anilines is 1. The summed E-state index contributed by atoms with van der Waals surface area (Å²) in [6, 6.07) is 10.9. The molecule has 2 aromatic rings. The third kappa shape index (κ3) is 4.34. The molecule has 5 nitrogen and oxygen atoms in total. The van der Waals surface area contributed by atoms with Gasteiger partial charge in [0, 0.05) is 5.56 Å². The minimum Gasteiger partial charge on any atom is -0.444 e. The molecule has 0 saturated carbocycles. The molecule has 0 aliphatic heterocycles. The van der Waals surface area contributed by atoms with E-state index in [1.165, 1.54) is 6.20 Å². The van der Waals surface area contributed by atoms with Crippen LogP contribution < -0.4 is 5.32 Å². The van der Waals surface area contributed by atoms with Gasteiger partial charge < -0.3 is 4.74 Å². The van der Waals surface area contributed by atoms with E-state index in [0.29, 0.717) is 17.2 Å². The summed E-state index contributed by atoms with van der Waals surface area (Å²) in [4.78, 5) is 20.4. The van der Waals surface area contributed by atoms with Crippen LogP contribution in [0, 0.1) is 12.1 Å². The monoisotopic (exact) mass is 317 g/mol. The first-order chi connectivity index (χ1) is 10.4. The topological polar surface area (TPSA) is 64.1 Å². The van der Waals surface area contributed by atoms with E-state index in [9.17, 15) is 4.79 Å². The molecule has 1 amide bonds. The summed E-state index contributed by atoms with van der Waals surface area (Å²) in [6.07, 6.45) is 0.947. The van der Waals surface area contributed by atoms with Crippen LogP contribution in [0.25, 0.3) is 11.3 Å². The molecule has 0 aliphatic rings. The Hall–Kier alpha value is -2.32. The maximum absolute atomic E-state index is 11.9. The largest absolute Gasteiger partial charge is 0.444 e. The van der Waals surface area contributed by atoms with Gasteiger partial charge in [-0.25, -0.2) is 14.8 Å². The van der Waals surface area contributed by atoms with E-state index in [4.69, 9.17) is 16.3 Å². The molecule has 1 heterocycles. The molecule has 0 spiro atoms. The van der Waals surface area contributed by atoms with Gasteiger partial charge in [0.1, 0.15) is 11.4 Å². The second-order valence-corrected chi connectivity index (χ2v) is 5.80. The number of amides is 1. The van der Waals surface area contributed by atoms with Gasteiger partial charge in [-0.05, 0) is 39.0 Å². The summed E-state index contributed by atoms with van der Waals surface area (Å²) in [5.74, 6) is 0.654. The second kappa shape index (κ2) is 6.63. The van der Waals surface area contributed by atoms with E-state index in [-0.39, 0.29) is 5.88 Å². The predicted molar refractivity (Wildman–Crippen MR) is 84.6 cm³/mol. The van der Waals surface area contributed by atoms with Crippen molar-refractivity contribution in [1.29, 1.82) is 0 Å². The SMILES string of the molecule is CC(C)(C)OC(=O)Nc1cnc(CCl)nc1-c1cc#ccc1. The summed E-state index contributed by atoms with van der Waals surface area (Å²) in [5.41, 5.74) is 1.19. The molecule has 0 aliphatic carbocycles. The molecular formula is C16H16ClN3O2. The average molecular weight is 318 g/mol. The normalized spacial score (nSPS) is 10.7. The predicted octanol–water partition coefficient (Wildman–Crippen LogP) is 3.83. The number of halogens is 1. The molecule has 1 aromatic carbocycles. The third-order valence-electron chi connectivity index (χ3n) is 2.52. The highest BCUT2D eigenvalue weighted by Crippen LogP contribution is 2.25. The zero-order valence-electron chi connectivity index (χ0n) is 12.6. The zero-order valence-corrected chi connectivity index (χ0v) is 13.4. The Kier molecular flexibility index (Phi) is 4.84. The van der Waals surface area contributed by atoms with E-state index in [2.05, 4.69) is 27.4 Å². The van der Waals surface area contributed by atoms with Crippen LogP contribution in [0.3, 0.4) is 0 Å². The van der Waals surface area contributed by atoms with Crippen molar-refractivity contribution in [2.24, 2.45) is 0 Å². The molecule has 2 rings (SSSR count). The fourth-order valence-electron chi connectivity index (χ4n) is 1.70. The van der Waals surface area contributed by atoms with Crippen molar-refractivity contribution < 1.29 is 9.53 Å². The summed E-state index contributed by atoms with van der Waals surface area (Å²) in [5, 5.41) is 2.66. The van der Waals surface area contributed by atoms with Crippen LogP contribution in [-0.2, 0) is 10.6 Å². The highest BCUT2D eigenvalue weighted by atomic mass is 35.5. The molecule has 1 aromatic heterocycles. The van der Waals surface area contributed by atoms with Gasteiger partial charge >= 0.3 is 6.09 Å². The van der Waals surface area contributed by atoms with E-state index in [1.54, 1.807) is 32.9 Å². The first-order valence-corrected chi connectivity index (χ1v) is 7.22. The fraction of sp³-hybridized carbons (Fsp3) is 0.312. The van der Waals surface area contributed by atoms with Gasteiger partial charge in [-0.1, -0.05) is 12.1 Å². The Morgan fingerprint density at radius 2 is 2.18 bits per heavy atom. The van der Waals surface area contributed by atoms with Gasteiger partial charge in [0.2, 0.25) is 0 Å². The standard InChI is InChI=1S/C16H16ClN3O2/c1-16(2,3)22-15(21)19-12-10-18-13(9-17)20-14(12)11-7-5-4-6-8-11/h5,7-8,10H,9H2,1-3H3,(H,19,21). The second-order valence-electron chi connectivity index (χ2n) is 5.53. The minimum atomic E-state index is -0.587. The number of hydrogen-bond donors (Lipinski definition) is 1. The van der Waals surface area contributed by atoms with Crippen LogP contribution in [0.5, 0.6) is 0 Å². The quantitative estimate of drug-likeness (QED) is 0.874. The first-order valence-electron chi connectivity index (χ1n) is 6.69. The molecule has 0 atom stereocenters. The third-order valence-corrected chi connectivity index (χ3v) is 2.76. The minimum absolute atomic E-state index is 0.183. The molecular weight excluding hydrogens is 302 g/mol. The van der Waals surface area contributed by atoms with E-state index < -0.39 is 11.7 Å². The number of hydrogen-bond acceptors (Lipinski definition) is 4. The lowest BCUT2D eigenvalue weighted by atomic mass is 10.1. The van der Waals surface area contributed by atoms with Crippen LogP contribution in [0.4, 0.5) is 10.5 Å². The van der Waals surface area contributed by atoms with Crippen LogP contribution in [0.1, 0.15) is 26.6 Å². The molecule has 22 heavy (non-hydrogen) atoms. The van der Waals surface area contributed by atoms with Crippen molar-refractivity contribution in [2.45, 2.75) is 32.3 Å². The Morgan fingerprint density at radius 3 is 2.77 bits per heavy atom. The van der Waals surface area contributed by atoms with Crippen molar-refractivity contribution >= 4 is 23.4 Å². The lowest BCUT2D eigenvalue weighted by Crippen LogP contribution is -2.27. The molecule has 0 radical (unpaired) electrons. The molecule has 0 unspecified atom stereocenters. The van der Waals surface area contributed by atoms with E-state index in [1.807, 2.05) is 6.07 Å². The summed E-state index contributed by atoms with van der Waals surface area (Å²) < 4.78 is 5.24. The maximum Gasteiger partial charge on any atom is 0.412 e. The number of aromatic nitrogens is 2. The van der Waals surface area contributed by atoms with Crippen molar-refractivity contribution in [3.05, 3.63) is 42.4 Å². The van der Waals surface area contributed by atoms with Gasteiger partial charge in [-0.2, -0.15) is 0 Å². The number of nitrogens with zero attached hydrogens (tertiary/aromatic N) is 2. The Bertz CT molecular complexity index is 654. The molecule has 6 heteroatoms. The molecule has 114 valence electrons. The Balaban J connectivity index is 2.33. The van der Waals surface area contributed by atoms with Crippen molar-refractivity contribution in [2.75, 3.05) is 5.32 Å². The Morgan fingerprint density at radius 1 is 1.41 bits per heavy atom. The Labute approximate surface area is 134 Å². The molecule has 1 N–H and O–H groups in total. The van der Waals surface area contributed by atoms with Crippen molar-refractivity contribution in [3.8, 4) is 11.3 Å². The van der Waals surface area contributed by atoms with Crippen LogP contribution in [0.2, 0.25) is 0 Å². The van der Waals surface area contributed by atoms with Crippen LogP contribution in [-0.4, -0.2) is 21.7 Å². The number of carbonyl (C=O) groups excluding carboxylic acids is 1. The van der Waals surface area contributed by atoms with Crippen LogP contribution >= 0.6 is 11.6 Å². The summed E-state index contributed by atoms with van der Waals surface area (Å²) in [7, 11) is 0. The van der Waals surface area contributed by atoms with E-state index >= 15 is 0 Å². The summed E-state index contributed by atoms with van der Waals surface area (Å²) >= 11 is 5.78. The maximum atomic E-state index is 11.9. The molecule has 0 bridgehead atoms.